The molecule has 0 fully saturated rings. The highest BCUT2D eigenvalue weighted by Gasteiger charge is 2.21. The van der Waals surface area contributed by atoms with Crippen LogP contribution in [0.25, 0.3) is 0 Å². The zero-order valence-corrected chi connectivity index (χ0v) is 47.2. The van der Waals surface area contributed by atoms with Gasteiger partial charge in [-0.1, -0.05) is 176 Å². The Hall–Kier alpha value is -1.87. The molecule has 0 aromatic rings. The molecule has 0 aliphatic carbocycles. The van der Waals surface area contributed by atoms with Crippen molar-refractivity contribution in [3.05, 3.63) is 0 Å². The summed E-state index contributed by atoms with van der Waals surface area (Å²) in [6, 6.07) is 0. The largest absolute Gasteiger partial charge is 0.462 e. The van der Waals surface area contributed by atoms with Crippen LogP contribution in [0.3, 0.4) is 0 Å². The molecule has 0 saturated heterocycles. The highest BCUT2D eigenvalue weighted by Crippen LogP contribution is 2.22. The molecule has 0 bridgehead atoms. The van der Waals surface area contributed by atoms with Crippen molar-refractivity contribution in [3.63, 3.8) is 0 Å². The maximum Gasteiger partial charge on any atom is 0.410 e. The number of carbonyl (C=O) groups excluding carboxylic acids is 3. The van der Waals surface area contributed by atoms with E-state index in [1.165, 1.54) is 89.9 Å². The molecule has 0 rings (SSSR count). The molecule has 0 saturated carbocycles. The van der Waals surface area contributed by atoms with Crippen molar-refractivity contribution in [1.29, 1.82) is 0 Å². The molecular weight excluding hydrogens is 861 g/mol. The van der Waals surface area contributed by atoms with Crippen molar-refractivity contribution < 1.29 is 33.3 Å². The monoisotopic (exact) mass is 979 g/mol. The summed E-state index contributed by atoms with van der Waals surface area (Å²) in [4.78, 5) is 43.6. The van der Waals surface area contributed by atoms with Gasteiger partial charge in [0.15, 0.2) is 0 Å². The fourth-order valence-electron chi connectivity index (χ4n) is 9.32. The highest BCUT2D eigenvalue weighted by atomic mass is 16.6. The van der Waals surface area contributed by atoms with Crippen LogP contribution in [-0.4, -0.2) is 93.1 Å². The third kappa shape index (κ3) is 46.9. The molecular formula is C60H118N2O7. The maximum atomic E-state index is 13.8. The predicted octanol–water partition coefficient (Wildman–Crippen LogP) is 17.7. The van der Waals surface area contributed by atoms with Crippen LogP contribution >= 0.6 is 0 Å². The Morgan fingerprint density at radius 2 is 0.638 bits per heavy atom. The molecule has 9 heteroatoms. The fraction of sp³-hybridized carbons (Fsp3) is 0.950. The van der Waals surface area contributed by atoms with Crippen molar-refractivity contribution in [2.45, 2.75) is 323 Å². The highest BCUT2D eigenvalue weighted by molar-refractivity contribution is 5.70. The van der Waals surface area contributed by atoms with Gasteiger partial charge in [-0.3, -0.25) is 9.59 Å². The van der Waals surface area contributed by atoms with Crippen LogP contribution in [0.1, 0.15) is 304 Å². The molecule has 0 unspecified atom stereocenters. The first-order chi connectivity index (χ1) is 33.7. The van der Waals surface area contributed by atoms with Gasteiger partial charge in [0.05, 0.1) is 0 Å². The molecule has 0 atom stereocenters. The molecule has 69 heavy (non-hydrogen) atoms. The second-order valence-corrected chi connectivity index (χ2v) is 21.1. The van der Waals surface area contributed by atoms with Crippen LogP contribution in [0.15, 0.2) is 0 Å². The van der Waals surface area contributed by atoms with Gasteiger partial charge in [0.2, 0.25) is 0 Å². The van der Waals surface area contributed by atoms with Crippen LogP contribution in [0, 0.1) is 0 Å². The van der Waals surface area contributed by atoms with Crippen molar-refractivity contribution >= 4 is 18.0 Å². The van der Waals surface area contributed by atoms with Crippen molar-refractivity contribution in [2.75, 3.05) is 46.9 Å². The zero-order chi connectivity index (χ0) is 50.7. The number of nitrogens with zero attached hydrogens (tertiary/aromatic N) is 2. The number of unbranched alkanes of at least 4 members (excludes halogenated alkanes) is 25. The summed E-state index contributed by atoms with van der Waals surface area (Å²) in [5.41, 5.74) is 0. The van der Waals surface area contributed by atoms with E-state index in [4.69, 9.17) is 18.9 Å². The molecule has 0 heterocycles. The Balaban J connectivity index is 5.08. The van der Waals surface area contributed by atoms with Crippen molar-refractivity contribution in [2.24, 2.45) is 0 Å². The van der Waals surface area contributed by atoms with Gasteiger partial charge >= 0.3 is 18.0 Å². The molecule has 9 nitrogen and oxygen atoms in total. The first kappa shape index (κ1) is 67.1. The van der Waals surface area contributed by atoms with Crippen LogP contribution in [0.5, 0.6) is 0 Å². The first-order valence-corrected chi connectivity index (χ1v) is 30.3. The van der Waals surface area contributed by atoms with Gasteiger partial charge in [0.1, 0.15) is 18.3 Å². The van der Waals surface area contributed by atoms with Crippen LogP contribution < -0.4 is 0 Å². The Labute approximate surface area is 429 Å². The van der Waals surface area contributed by atoms with E-state index in [9.17, 15) is 14.4 Å². The smallest absolute Gasteiger partial charge is 0.410 e. The maximum absolute atomic E-state index is 13.8. The molecule has 0 aromatic carbocycles. The van der Waals surface area contributed by atoms with Crippen LogP contribution in [0.4, 0.5) is 4.79 Å². The summed E-state index contributed by atoms with van der Waals surface area (Å²) in [5.74, 6) is -0.0146. The van der Waals surface area contributed by atoms with Gasteiger partial charge in [-0.05, 0) is 136 Å². The predicted molar refractivity (Wildman–Crippen MR) is 293 cm³/mol. The second kappa shape index (κ2) is 52.5. The summed E-state index contributed by atoms with van der Waals surface area (Å²) in [6.07, 6.45) is 45.4. The lowest BCUT2D eigenvalue weighted by atomic mass is 10.0. The zero-order valence-electron chi connectivity index (χ0n) is 47.2. The Morgan fingerprint density at radius 3 is 1.01 bits per heavy atom. The molecule has 410 valence electrons. The average Bonchev–Trinajstić information content (AvgIpc) is 3.33. The van der Waals surface area contributed by atoms with E-state index in [-0.39, 0.29) is 36.3 Å². The van der Waals surface area contributed by atoms with E-state index < -0.39 is 0 Å². The van der Waals surface area contributed by atoms with E-state index >= 15 is 0 Å². The first-order valence-electron chi connectivity index (χ1n) is 30.3. The number of hydrogen-bond donors (Lipinski definition) is 0. The summed E-state index contributed by atoms with van der Waals surface area (Å²) in [7, 11) is 4.17. The van der Waals surface area contributed by atoms with Crippen LogP contribution in [0.2, 0.25) is 0 Å². The summed E-state index contributed by atoms with van der Waals surface area (Å²) < 4.78 is 24.3. The summed E-state index contributed by atoms with van der Waals surface area (Å²) in [5, 5.41) is 0. The van der Waals surface area contributed by atoms with E-state index in [0.29, 0.717) is 25.9 Å². The van der Waals surface area contributed by atoms with Gasteiger partial charge in [-0.25, -0.2) is 4.79 Å². The van der Waals surface area contributed by atoms with E-state index in [2.05, 4.69) is 53.6 Å². The second-order valence-electron chi connectivity index (χ2n) is 21.1. The summed E-state index contributed by atoms with van der Waals surface area (Å²) in [6.45, 7) is 15.1. The number of ether oxygens (including phenoxy) is 4. The minimum Gasteiger partial charge on any atom is -0.462 e. The van der Waals surface area contributed by atoms with E-state index in [1.807, 2.05) is 4.90 Å². The molecule has 0 aliphatic rings. The topological polar surface area (TPSA) is 94.6 Å². The number of hydrogen-bond acceptors (Lipinski definition) is 8. The van der Waals surface area contributed by atoms with Gasteiger partial charge < -0.3 is 28.7 Å². The van der Waals surface area contributed by atoms with Crippen molar-refractivity contribution in [1.82, 2.24) is 9.80 Å². The molecule has 0 aromatic heterocycles. The summed E-state index contributed by atoms with van der Waals surface area (Å²) >= 11 is 0. The molecule has 1 amide bonds. The normalized spacial score (nSPS) is 11.7. The number of carbonyl (C=O) groups is 3. The lowest BCUT2D eigenvalue weighted by Crippen LogP contribution is -2.37. The Kier molecular flexibility index (Phi) is 51.0. The van der Waals surface area contributed by atoms with Crippen LogP contribution in [-0.2, 0) is 28.5 Å². The Morgan fingerprint density at radius 1 is 0.333 bits per heavy atom. The van der Waals surface area contributed by atoms with Gasteiger partial charge in [-0.2, -0.15) is 0 Å². The van der Waals surface area contributed by atoms with Gasteiger partial charge in [0, 0.05) is 39.1 Å². The fourth-order valence-corrected chi connectivity index (χ4v) is 9.32. The number of rotatable bonds is 54. The number of esters is 2. The lowest BCUT2D eigenvalue weighted by molar-refractivity contribution is -0.151. The molecule has 0 aliphatic heterocycles. The average molecular weight is 980 g/mol. The standard InChI is InChI=1S/C60H118N2O7/c1-8-13-18-30-42-55(43-31-19-14-9-2)67-58(63)48-36-28-24-22-26-34-46-57(69-60(65)62(52-41-50-61(6)7)51-38-40-54-66-53-39-17-12-5)47-35-27-23-25-29-37-49-59(64)68-56(44-32-20-15-10-3)45-33-21-16-11-4/h55-57H,8-54H2,1-7H3. The third-order valence-corrected chi connectivity index (χ3v) is 13.8. The van der Waals surface area contributed by atoms with Gasteiger partial charge in [0.25, 0.3) is 0 Å². The SMILES string of the molecule is CCCCCCC(CCCCCC)OC(=O)CCCCCCCCC(CCCCCCCCC(=O)OC(CCCCCC)CCCCCC)OC(=O)N(CCCCOCCCCC)CCCN(C)C. The molecule has 0 N–H and O–H groups in total. The van der Waals surface area contributed by atoms with E-state index in [1.54, 1.807) is 0 Å². The minimum absolute atomic E-state index is 0.00728. The molecule has 0 spiro atoms. The lowest BCUT2D eigenvalue weighted by Gasteiger charge is -2.26. The minimum atomic E-state index is -0.158. The molecule has 0 radical (unpaired) electrons. The quantitative estimate of drug-likeness (QED) is 0.0338. The number of amides is 1. The van der Waals surface area contributed by atoms with E-state index in [0.717, 1.165) is 187 Å². The Bertz CT molecular complexity index is 1020. The van der Waals surface area contributed by atoms with Gasteiger partial charge in [-0.15, -0.1) is 0 Å². The third-order valence-electron chi connectivity index (χ3n) is 13.8. The van der Waals surface area contributed by atoms with Crippen molar-refractivity contribution in [3.8, 4) is 0 Å².